The van der Waals surface area contributed by atoms with Crippen LogP contribution in [0.25, 0.3) is 0 Å². The third-order valence-electron chi connectivity index (χ3n) is 4.10. The first-order valence-electron chi connectivity index (χ1n) is 10.5. The van der Waals surface area contributed by atoms with Crippen LogP contribution in [0.4, 0.5) is 0 Å². The predicted octanol–water partition coefficient (Wildman–Crippen LogP) is 5.05. The van der Waals surface area contributed by atoms with Gasteiger partial charge in [0.25, 0.3) is 0 Å². The summed E-state index contributed by atoms with van der Waals surface area (Å²) in [4.78, 5) is 23.4. The van der Waals surface area contributed by atoms with E-state index >= 15 is 0 Å². The number of allylic oxidation sites excluding steroid dienone is 4. The Morgan fingerprint density at radius 3 is 1.42 bits per heavy atom. The van der Waals surface area contributed by atoms with Crippen LogP contribution in [-0.4, -0.2) is 24.9 Å². The molecule has 0 aromatic carbocycles. The highest BCUT2D eigenvalue weighted by molar-refractivity contribution is 5.77. The quantitative estimate of drug-likeness (QED) is 0.280. The lowest BCUT2D eigenvalue weighted by Crippen LogP contribution is -2.25. The Bertz CT molecular complexity index is 365. The molecule has 0 fully saturated rings. The lowest BCUT2D eigenvalue weighted by molar-refractivity contribution is -0.123. The molecular formula is C22H40N2O2. The van der Waals surface area contributed by atoms with Crippen LogP contribution in [0.1, 0.15) is 90.9 Å². The number of carbonyl (C=O) groups excluding carboxylic acids is 2. The van der Waals surface area contributed by atoms with Gasteiger partial charge in [0.1, 0.15) is 0 Å². The second kappa shape index (κ2) is 19.7. The highest BCUT2D eigenvalue weighted by Gasteiger charge is 2.03. The molecule has 0 heterocycles. The molecule has 0 aromatic heterocycles. The summed E-state index contributed by atoms with van der Waals surface area (Å²) in [6, 6.07) is 0. The summed E-state index contributed by atoms with van der Waals surface area (Å²) in [6.07, 6.45) is 20.0. The van der Waals surface area contributed by atoms with Crippen LogP contribution in [0, 0.1) is 0 Å². The molecule has 0 rings (SSSR count). The summed E-state index contributed by atoms with van der Waals surface area (Å²) in [5.41, 5.74) is 0. The molecule has 26 heavy (non-hydrogen) atoms. The predicted molar refractivity (Wildman–Crippen MR) is 111 cm³/mol. The molecule has 4 nitrogen and oxygen atoms in total. The number of rotatable bonds is 17. The maximum Gasteiger partial charge on any atom is 0.219 e. The van der Waals surface area contributed by atoms with Crippen LogP contribution < -0.4 is 10.6 Å². The molecule has 0 aliphatic rings. The maximum absolute atomic E-state index is 11.7. The van der Waals surface area contributed by atoms with Gasteiger partial charge in [0.15, 0.2) is 0 Å². The summed E-state index contributed by atoms with van der Waals surface area (Å²) in [5.74, 6) is 0.212. The summed E-state index contributed by atoms with van der Waals surface area (Å²) >= 11 is 0. The fourth-order valence-electron chi connectivity index (χ4n) is 2.55. The van der Waals surface area contributed by atoms with E-state index in [4.69, 9.17) is 0 Å². The Balaban J connectivity index is 3.38. The van der Waals surface area contributed by atoms with Crippen LogP contribution in [0.15, 0.2) is 24.3 Å². The van der Waals surface area contributed by atoms with Crippen molar-refractivity contribution in [3.05, 3.63) is 24.3 Å². The third kappa shape index (κ3) is 18.8. The first-order valence-corrected chi connectivity index (χ1v) is 10.5. The zero-order chi connectivity index (χ0) is 19.3. The monoisotopic (exact) mass is 364 g/mol. The number of unbranched alkanes of at least 4 members (excludes halogenated alkanes) is 5. The molecule has 0 atom stereocenters. The van der Waals surface area contributed by atoms with E-state index < -0.39 is 0 Å². The van der Waals surface area contributed by atoms with Crippen molar-refractivity contribution >= 4 is 11.8 Å². The van der Waals surface area contributed by atoms with Gasteiger partial charge in [-0.25, -0.2) is 0 Å². The fourth-order valence-corrected chi connectivity index (χ4v) is 2.55. The minimum atomic E-state index is 0.106. The molecule has 0 saturated carbocycles. The van der Waals surface area contributed by atoms with Gasteiger partial charge >= 0.3 is 0 Å². The molecule has 0 radical (unpaired) electrons. The van der Waals surface area contributed by atoms with Gasteiger partial charge in [-0.1, -0.05) is 38.2 Å². The second-order valence-corrected chi connectivity index (χ2v) is 6.66. The lowest BCUT2D eigenvalue weighted by atomic mass is 10.1. The standard InChI is InChI=1S/C22H40N2O2/c1-3-5-7-9-11-15-19-23-21(25)17-13-14-18-22(26)24-20-16-12-10-8-6-4-2/h5-8H,3-4,9-20H2,1-2H3,(H,23,25)(H,24,26)/b7-5+,8-6+. The Kier molecular flexibility index (Phi) is 18.5. The maximum atomic E-state index is 11.7. The van der Waals surface area contributed by atoms with E-state index in [1.807, 2.05) is 0 Å². The van der Waals surface area contributed by atoms with E-state index in [2.05, 4.69) is 48.8 Å². The summed E-state index contributed by atoms with van der Waals surface area (Å²) in [7, 11) is 0. The molecule has 0 aromatic rings. The van der Waals surface area contributed by atoms with Gasteiger partial charge in [0.05, 0.1) is 0 Å². The summed E-state index contributed by atoms with van der Waals surface area (Å²) in [6.45, 7) is 5.78. The molecule has 4 heteroatoms. The summed E-state index contributed by atoms with van der Waals surface area (Å²) < 4.78 is 0. The molecule has 0 aliphatic carbocycles. The van der Waals surface area contributed by atoms with E-state index in [-0.39, 0.29) is 11.8 Å². The van der Waals surface area contributed by atoms with Crippen LogP contribution in [0.5, 0.6) is 0 Å². The Hall–Kier alpha value is -1.58. The lowest BCUT2D eigenvalue weighted by Gasteiger charge is -2.06. The topological polar surface area (TPSA) is 58.2 Å². The van der Waals surface area contributed by atoms with Crippen molar-refractivity contribution in [2.75, 3.05) is 13.1 Å². The summed E-state index contributed by atoms with van der Waals surface area (Å²) in [5, 5.41) is 5.91. The number of amides is 2. The molecule has 2 N–H and O–H groups in total. The van der Waals surface area contributed by atoms with Crippen molar-refractivity contribution in [3.63, 3.8) is 0 Å². The van der Waals surface area contributed by atoms with Crippen molar-refractivity contribution < 1.29 is 9.59 Å². The minimum Gasteiger partial charge on any atom is -0.356 e. The van der Waals surface area contributed by atoms with Gasteiger partial charge in [-0.15, -0.1) is 0 Å². The van der Waals surface area contributed by atoms with Crippen molar-refractivity contribution in [2.45, 2.75) is 90.9 Å². The molecule has 0 spiro atoms. The minimum absolute atomic E-state index is 0.106. The Morgan fingerprint density at radius 2 is 1.04 bits per heavy atom. The first kappa shape index (κ1) is 24.4. The molecule has 0 bridgehead atoms. The van der Waals surface area contributed by atoms with Gasteiger partial charge in [-0.3, -0.25) is 9.59 Å². The van der Waals surface area contributed by atoms with Crippen molar-refractivity contribution in [2.24, 2.45) is 0 Å². The Labute approximate surface area is 160 Å². The highest BCUT2D eigenvalue weighted by Crippen LogP contribution is 2.02. The van der Waals surface area contributed by atoms with Crippen molar-refractivity contribution in [1.29, 1.82) is 0 Å². The normalized spacial score (nSPS) is 11.3. The average molecular weight is 365 g/mol. The number of carbonyl (C=O) groups is 2. The zero-order valence-corrected chi connectivity index (χ0v) is 17.0. The van der Waals surface area contributed by atoms with Crippen LogP contribution in [0.2, 0.25) is 0 Å². The van der Waals surface area contributed by atoms with Gasteiger partial charge in [0.2, 0.25) is 11.8 Å². The molecule has 0 saturated heterocycles. The highest BCUT2D eigenvalue weighted by atomic mass is 16.2. The largest absolute Gasteiger partial charge is 0.356 e. The molecule has 2 amide bonds. The Morgan fingerprint density at radius 1 is 0.615 bits per heavy atom. The van der Waals surface area contributed by atoms with E-state index in [1.165, 1.54) is 0 Å². The van der Waals surface area contributed by atoms with E-state index in [0.29, 0.717) is 12.8 Å². The van der Waals surface area contributed by atoms with Gasteiger partial charge in [-0.2, -0.15) is 0 Å². The molecule has 0 aliphatic heterocycles. The number of hydrogen-bond donors (Lipinski definition) is 2. The van der Waals surface area contributed by atoms with Gasteiger partial charge in [0, 0.05) is 25.9 Å². The van der Waals surface area contributed by atoms with Crippen LogP contribution >= 0.6 is 0 Å². The number of nitrogens with one attached hydrogen (secondary N) is 2. The van der Waals surface area contributed by atoms with Crippen molar-refractivity contribution in [1.82, 2.24) is 10.6 Å². The van der Waals surface area contributed by atoms with E-state index in [9.17, 15) is 9.59 Å². The van der Waals surface area contributed by atoms with Crippen molar-refractivity contribution in [3.8, 4) is 0 Å². The fraction of sp³-hybridized carbons (Fsp3) is 0.727. The van der Waals surface area contributed by atoms with Crippen LogP contribution in [-0.2, 0) is 9.59 Å². The zero-order valence-electron chi connectivity index (χ0n) is 17.0. The first-order chi connectivity index (χ1) is 12.7. The second-order valence-electron chi connectivity index (χ2n) is 6.66. The molecule has 150 valence electrons. The number of hydrogen-bond acceptors (Lipinski definition) is 2. The smallest absolute Gasteiger partial charge is 0.219 e. The molecular weight excluding hydrogens is 324 g/mol. The average Bonchev–Trinajstić information content (AvgIpc) is 2.64. The molecule has 0 unspecified atom stereocenters. The van der Waals surface area contributed by atoms with E-state index in [0.717, 1.165) is 77.3 Å². The third-order valence-corrected chi connectivity index (χ3v) is 4.10. The van der Waals surface area contributed by atoms with E-state index in [1.54, 1.807) is 0 Å². The SMILES string of the molecule is CC/C=C/CCCCNC(=O)CCCCC(=O)NCCCC/C=C/CC. The van der Waals surface area contributed by atoms with Gasteiger partial charge in [-0.05, 0) is 64.2 Å². The van der Waals surface area contributed by atoms with Gasteiger partial charge < -0.3 is 10.6 Å². The van der Waals surface area contributed by atoms with Crippen LogP contribution in [0.3, 0.4) is 0 Å².